The number of carbonyl (C=O) groups is 1. The summed E-state index contributed by atoms with van der Waals surface area (Å²) < 4.78 is 5.40. The lowest BCUT2D eigenvalue weighted by atomic mass is 10.4. The largest absolute Gasteiger partial charge is 0.476 e. The Morgan fingerprint density at radius 3 is 2.91 bits per heavy atom. The van der Waals surface area contributed by atoms with Crippen LogP contribution in [0.3, 0.4) is 0 Å². The van der Waals surface area contributed by atoms with E-state index in [1.807, 2.05) is 13.1 Å². The number of pyridine rings is 1. The Bertz CT molecular complexity index is 630. The molecule has 0 radical (unpaired) electrons. The van der Waals surface area contributed by atoms with E-state index >= 15 is 0 Å². The molecule has 2 amide bonds. The topological polar surface area (TPSA) is 67.3 Å². The maximum Gasteiger partial charge on any atom is 0.322 e. The van der Waals surface area contributed by atoms with Gasteiger partial charge >= 0.3 is 6.03 Å². The van der Waals surface area contributed by atoms with Crippen LogP contribution in [0.2, 0.25) is 0 Å². The van der Waals surface area contributed by atoms with Crippen LogP contribution in [-0.4, -0.2) is 34.6 Å². The molecule has 0 spiro atoms. The molecule has 0 saturated carbocycles. The van der Waals surface area contributed by atoms with Crippen LogP contribution in [0.1, 0.15) is 23.7 Å². The van der Waals surface area contributed by atoms with E-state index in [0.29, 0.717) is 24.7 Å². The molecule has 0 fully saturated rings. The van der Waals surface area contributed by atoms with Gasteiger partial charge in [-0.1, -0.05) is 6.92 Å². The van der Waals surface area contributed by atoms with Gasteiger partial charge in [-0.25, -0.2) is 14.8 Å². The highest BCUT2D eigenvalue weighted by molar-refractivity contribution is 7.11. The minimum atomic E-state index is -0.220. The fourth-order valence-corrected chi connectivity index (χ4v) is 2.72. The first kappa shape index (κ1) is 16.2. The van der Waals surface area contributed by atoms with Gasteiger partial charge in [0, 0.05) is 24.3 Å². The third-order valence-corrected chi connectivity index (χ3v) is 4.09. The Kier molecular flexibility index (Phi) is 5.71. The van der Waals surface area contributed by atoms with Crippen LogP contribution in [-0.2, 0) is 13.0 Å². The standard InChI is InChI=1S/C15H20N4O2S/c1-4-11-9-17-13(22-11)10-19(3)15(20)18-12-7-6-8-16-14(12)21-5-2/h6-9H,4-5,10H2,1-3H3,(H,18,20). The molecule has 2 heterocycles. The summed E-state index contributed by atoms with van der Waals surface area (Å²) in [6, 6.07) is 3.30. The average molecular weight is 320 g/mol. The van der Waals surface area contributed by atoms with E-state index in [-0.39, 0.29) is 6.03 Å². The number of hydrogen-bond donors (Lipinski definition) is 1. The van der Waals surface area contributed by atoms with Gasteiger partial charge in [-0.3, -0.25) is 0 Å². The zero-order chi connectivity index (χ0) is 15.9. The first-order valence-electron chi connectivity index (χ1n) is 7.17. The quantitative estimate of drug-likeness (QED) is 0.888. The second-order valence-electron chi connectivity index (χ2n) is 4.65. The van der Waals surface area contributed by atoms with Crippen molar-refractivity contribution in [3.05, 3.63) is 34.4 Å². The van der Waals surface area contributed by atoms with Crippen LogP contribution in [0.25, 0.3) is 0 Å². The van der Waals surface area contributed by atoms with Crippen molar-refractivity contribution in [1.82, 2.24) is 14.9 Å². The highest BCUT2D eigenvalue weighted by atomic mass is 32.1. The number of nitrogens with zero attached hydrogens (tertiary/aromatic N) is 3. The van der Waals surface area contributed by atoms with Gasteiger partial charge in [0.15, 0.2) is 0 Å². The summed E-state index contributed by atoms with van der Waals surface area (Å²) in [4.78, 5) is 23.5. The van der Waals surface area contributed by atoms with Gasteiger partial charge in [0.1, 0.15) is 10.7 Å². The van der Waals surface area contributed by atoms with Gasteiger partial charge in [-0.2, -0.15) is 0 Å². The van der Waals surface area contributed by atoms with Crippen LogP contribution in [0.15, 0.2) is 24.5 Å². The maximum atomic E-state index is 12.3. The van der Waals surface area contributed by atoms with E-state index in [0.717, 1.165) is 11.4 Å². The van der Waals surface area contributed by atoms with Crippen molar-refractivity contribution in [2.24, 2.45) is 0 Å². The maximum absolute atomic E-state index is 12.3. The number of ether oxygens (including phenoxy) is 1. The van der Waals surface area contributed by atoms with Crippen molar-refractivity contribution in [3.8, 4) is 5.88 Å². The van der Waals surface area contributed by atoms with E-state index in [1.165, 1.54) is 4.88 Å². The predicted molar refractivity (Wildman–Crippen MR) is 87.4 cm³/mol. The number of nitrogens with one attached hydrogen (secondary N) is 1. The Morgan fingerprint density at radius 1 is 1.41 bits per heavy atom. The van der Waals surface area contributed by atoms with E-state index < -0.39 is 0 Å². The molecule has 2 aromatic rings. The number of amides is 2. The van der Waals surface area contributed by atoms with Crippen LogP contribution in [0.4, 0.5) is 10.5 Å². The number of thiazole rings is 1. The number of aromatic nitrogens is 2. The lowest BCUT2D eigenvalue weighted by molar-refractivity contribution is 0.220. The van der Waals surface area contributed by atoms with Crippen LogP contribution < -0.4 is 10.1 Å². The Hall–Kier alpha value is -2.15. The summed E-state index contributed by atoms with van der Waals surface area (Å²) in [5, 5.41) is 3.73. The third kappa shape index (κ3) is 4.17. The molecular formula is C15H20N4O2S. The van der Waals surface area contributed by atoms with Gasteiger partial charge in [0.05, 0.1) is 13.2 Å². The van der Waals surface area contributed by atoms with Crippen LogP contribution >= 0.6 is 11.3 Å². The molecule has 0 aliphatic heterocycles. The van der Waals surface area contributed by atoms with Gasteiger partial charge < -0.3 is 15.0 Å². The van der Waals surface area contributed by atoms with E-state index in [9.17, 15) is 4.79 Å². The molecule has 0 aliphatic rings. The number of aryl methyl sites for hydroxylation is 1. The molecular weight excluding hydrogens is 300 g/mol. The monoisotopic (exact) mass is 320 g/mol. The minimum Gasteiger partial charge on any atom is -0.476 e. The fraction of sp³-hybridized carbons (Fsp3) is 0.400. The molecule has 2 aromatic heterocycles. The molecule has 0 atom stereocenters. The SMILES string of the molecule is CCOc1ncccc1NC(=O)N(C)Cc1ncc(CC)s1. The fourth-order valence-electron chi connectivity index (χ4n) is 1.81. The summed E-state index contributed by atoms with van der Waals surface area (Å²) in [6.45, 7) is 4.93. The lowest BCUT2D eigenvalue weighted by Crippen LogP contribution is -2.31. The van der Waals surface area contributed by atoms with E-state index in [4.69, 9.17) is 4.74 Å². The summed E-state index contributed by atoms with van der Waals surface area (Å²) in [7, 11) is 1.74. The average Bonchev–Trinajstić information content (AvgIpc) is 2.97. The summed E-state index contributed by atoms with van der Waals surface area (Å²) >= 11 is 1.63. The summed E-state index contributed by atoms with van der Waals surface area (Å²) in [5.41, 5.74) is 0.564. The van der Waals surface area contributed by atoms with Gasteiger partial charge in [0.25, 0.3) is 0 Å². The number of rotatable bonds is 6. The second-order valence-corrected chi connectivity index (χ2v) is 5.85. The van der Waals surface area contributed by atoms with Gasteiger partial charge in [-0.15, -0.1) is 11.3 Å². The molecule has 118 valence electrons. The summed E-state index contributed by atoms with van der Waals surface area (Å²) in [5.74, 6) is 0.425. The Labute approximate surface area is 134 Å². The number of hydrogen-bond acceptors (Lipinski definition) is 5. The zero-order valence-electron chi connectivity index (χ0n) is 13.0. The molecule has 0 saturated heterocycles. The van der Waals surface area contributed by atoms with Crippen molar-refractivity contribution >= 4 is 23.1 Å². The van der Waals surface area contributed by atoms with E-state index in [1.54, 1.807) is 41.6 Å². The Balaban J connectivity index is 1.99. The van der Waals surface area contributed by atoms with Crippen LogP contribution in [0.5, 0.6) is 5.88 Å². The van der Waals surface area contributed by atoms with Gasteiger partial charge in [0.2, 0.25) is 5.88 Å². The molecule has 6 nitrogen and oxygen atoms in total. The smallest absolute Gasteiger partial charge is 0.322 e. The van der Waals surface area contributed by atoms with Crippen molar-refractivity contribution < 1.29 is 9.53 Å². The normalized spacial score (nSPS) is 10.3. The van der Waals surface area contributed by atoms with E-state index in [2.05, 4.69) is 22.2 Å². The first-order chi connectivity index (χ1) is 10.6. The zero-order valence-corrected chi connectivity index (χ0v) is 13.8. The van der Waals surface area contributed by atoms with Crippen LogP contribution in [0, 0.1) is 0 Å². The molecule has 1 N–H and O–H groups in total. The minimum absolute atomic E-state index is 0.220. The van der Waals surface area contributed by atoms with Crippen molar-refractivity contribution in [1.29, 1.82) is 0 Å². The first-order valence-corrected chi connectivity index (χ1v) is 7.99. The molecule has 0 aromatic carbocycles. The highest BCUT2D eigenvalue weighted by Crippen LogP contribution is 2.21. The second kappa shape index (κ2) is 7.74. The van der Waals surface area contributed by atoms with Crippen molar-refractivity contribution in [2.45, 2.75) is 26.8 Å². The van der Waals surface area contributed by atoms with Gasteiger partial charge in [-0.05, 0) is 25.5 Å². The molecule has 0 bridgehead atoms. The molecule has 2 rings (SSSR count). The number of carbonyl (C=O) groups excluding carboxylic acids is 1. The predicted octanol–water partition coefficient (Wildman–Crippen LogP) is 3.16. The lowest BCUT2D eigenvalue weighted by Gasteiger charge is -2.17. The summed E-state index contributed by atoms with van der Waals surface area (Å²) in [6.07, 6.45) is 4.45. The third-order valence-electron chi connectivity index (χ3n) is 2.96. The molecule has 0 aliphatic carbocycles. The van der Waals surface area contributed by atoms with Crippen molar-refractivity contribution in [2.75, 3.05) is 19.0 Å². The molecule has 7 heteroatoms. The molecule has 22 heavy (non-hydrogen) atoms. The number of urea groups is 1. The Morgan fingerprint density at radius 2 is 2.23 bits per heavy atom. The highest BCUT2D eigenvalue weighted by Gasteiger charge is 2.14. The number of anilines is 1. The van der Waals surface area contributed by atoms with Crippen molar-refractivity contribution in [3.63, 3.8) is 0 Å². The molecule has 0 unspecified atom stereocenters.